The molecule has 1 nitrogen and oxygen atoms in total. The minimum Gasteiger partial charge on any atom is -0.309 e. The summed E-state index contributed by atoms with van der Waals surface area (Å²) in [7, 11) is 4.25. The standard InChI is InChI=1S/C19H20BrNS/c1-21(2)11-5-8-17-16-7-4-3-6-14(16)13-22-19-10-9-15(20)12-18(17)19/h3-4,6-10,12H,5,11,13H2,1-2H3/b17-8+. The summed E-state index contributed by atoms with van der Waals surface area (Å²) < 4.78 is 1.14. The average molecular weight is 374 g/mol. The first-order valence-corrected chi connectivity index (χ1v) is 9.29. The van der Waals surface area contributed by atoms with Gasteiger partial charge in [-0.15, -0.1) is 11.8 Å². The van der Waals surface area contributed by atoms with Crippen molar-refractivity contribution in [3.8, 4) is 0 Å². The van der Waals surface area contributed by atoms with Crippen LogP contribution in [0.4, 0.5) is 0 Å². The molecule has 1 aliphatic rings. The van der Waals surface area contributed by atoms with Gasteiger partial charge in [-0.1, -0.05) is 46.3 Å². The quantitative estimate of drug-likeness (QED) is 0.704. The zero-order valence-electron chi connectivity index (χ0n) is 13.0. The van der Waals surface area contributed by atoms with Gasteiger partial charge in [0.05, 0.1) is 0 Å². The van der Waals surface area contributed by atoms with Crippen molar-refractivity contribution in [1.82, 2.24) is 4.90 Å². The first-order chi connectivity index (χ1) is 10.6. The highest BCUT2D eigenvalue weighted by Gasteiger charge is 2.18. The second kappa shape index (κ2) is 7.03. The summed E-state index contributed by atoms with van der Waals surface area (Å²) in [6, 6.07) is 15.4. The van der Waals surface area contributed by atoms with E-state index < -0.39 is 0 Å². The predicted molar refractivity (Wildman–Crippen MR) is 100 cm³/mol. The van der Waals surface area contributed by atoms with Crippen molar-refractivity contribution in [2.75, 3.05) is 20.6 Å². The van der Waals surface area contributed by atoms with Gasteiger partial charge in [-0.25, -0.2) is 0 Å². The van der Waals surface area contributed by atoms with Crippen molar-refractivity contribution in [3.05, 3.63) is 69.7 Å². The number of halogens is 1. The van der Waals surface area contributed by atoms with Crippen LogP contribution in [0.2, 0.25) is 0 Å². The Balaban J connectivity index is 2.10. The summed E-state index contributed by atoms with van der Waals surface area (Å²) in [5.41, 5.74) is 5.53. The van der Waals surface area contributed by atoms with E-state index in [4.69, 9.17) is 0 Å². The summed E-state index contributed by atoms with van der Waals surface area (Å²) in [5, 5.41) is 0. The Morgan fingerprint density at radius 2 is 1.95 bits per heavy atom. The number of fused-ring (bicyclic) bond motifs is 2. The fraction of sp³-hybridized carbons (Fsp3) is 0.263. The average Bonchev–Trinajstić information content (AvgIpc) is 2.65. The van der Waals surface area contributed by atoms with E-state index in [-0.39, 0.29) is 0 Å². The molecule has 0 fully saturated rings. The molecule has 1 aliphatic heterocycles. The number of thioether (sulfide) groups is 1. The van der Waals surface area contributed by atoms with E-state index in [1.54, 1.807) is 0 Å². The molecule has 3 rings (SSSR count). The van der Waals surface area contributed by atoms with Crippen LogP contribution in [0.1, 0.15) is 23.1 Å². The third-order valence-electron chi connectivity index (χ3n) is 3.85. The second-order valence-electron chi connectivity index (χ2n) is 5.80. The first kappa shape index (κ1) is 15.9. The lowest BCUT2D eigenvalue weighted by Crippen LogP contribution is -2.12. The van der Waals surface area contributed by atoms with E-state index in [1.807, 2.05) is 11.8 Å². The molecular weight excluding hydrogens is 354 g/mol. The third-order valence-corrected chi connectivity index (χ3v) is 5.46. The Kier molecular flexibility index (Phi) is 5.07. The maximum atomic E-state index is 3.63. The van der Waals surface area contributed by atoms with Gasteiger partial charge in [-0.3, -0.25) is 0 Å². The van der Waals surface area contributed by atoms with Gasteiger partial charge >= 0.3 is 0 Å². The smallest absolute Gasteiger partial charge is 0.0238 e. The van der Waals surface area contributed by atoms with Crippen molar-refractivity contribution in [2.45, 2.75) is 17.1 Å². The monoisotopic (exact) mass is 373 g/mol. The van der Waals surface area contributed by atoms with Crippen molar-refractivity contribution in [3.63, 3.8) is 0 Å². The Morgan fingerprint density at radius 3 is 2.77 bits per heavy atom. The predicted octanol–water partition coefficient (Wildman–Crippen LogP) is 5.44. The zero-order chi connectivity index (χ0) is 15.5. The van der Waals surface area contributed by atoms with Crippen LogP contribution in [0.3, 0.4) is 0 Å². The van der Waals surface area contributed by atoms with E-state index in [1.165, 1.54) is 27.2 Å². The van der Waals surface area contributed by atoms with Gasteiger partial charge in [0, 0.05) is 21.7 Å². The van der Waals surface area contributed by atoms with Gasteiger partial charge in [0.25, 0.3) is 0 Å². The number of rotatable bonds is 3. The molecule has 114 valence electrons. The number of hydrogen-bond acceptors (Lipinski definition) is 2. The first-order valence-electron chi connectivity index (χ1n) is 7.51. The number of benzene rings is 2. The minimum atomic E-state index is 1.04. The van der Waals surface area contributed by atoms with Crippen LogP contribution < -0.4 is 0 Å². The molecule has 3 heteroatoms. The Hall–Kier alpha value is -1.03. The highest BCUT2D eigenvalue weighted by Crippen LogP contribution is 2.41. The Morgan fingerprint density at radius 1 is 1.14 bits per heavy atom. The molecule has 0 bridgehead atoms. The fourth-order valence-electron chi connectivity index (χ4n) is 2.74. The molecule has 0 aliphatic carbocycles. The molecule has 0 unspecified atom stereocenters. The van der Waals surface area contributed by atoms with Crippen LogP contribution in [0.25, 0.3) is 5.57 Å². The zero-order valence-corrected chi connectivity index (χ0v) is 15.4. The molecule has 0 aromatic heterocycles. The lowest BCUT2D eigenvalue weighted by atomic mass is 9.93. The molecule has 2 aromatic carbocycles. The molecule has 0 radical (unpaired) electrons. The van der Waals surface area contributed by atoms with Gasteiger partial charge in [0.15, 0.2) is 0 Å². The van der Waals surface area contributed by atoms with Crippen LogP contribution >= 0.6 is 27.7 Å². The Bertz CT molecular complexity index is 706. The maximum Gasteiger partial charge on any atom is 0.0238 e. The van der Waals surface area contributed by atoms with Crippen LogP contribution in [0.5, 0.6) is 0 Å². The van der Waals surface area contributed by atoms with E-state index in [9.17, 15) is 0 Å². The molecule has 2 aromatic rings. The Labute approximate surface area is 145 Å². The molecular formula is C19H20BrNS. The molecule has 0 N–H and O–H groups in total. The van der Waals surface area contributed by atoms with Crippen LogP contribution in [0, 0.1) is 0 Å². The molecule has 0 atom stereocenters. The summed E-state index contributed by atoms with van der Waals surface area (Å²) in [6.07, 6.45) is 3.46. The van der Waals surface area contributed by atoms with E-state index in [0.29, 0.717) is 0 Å². The van der Waals surface area contributed by atoms with Gasteiger partial charge in [-0.2, -0.15) is 0 Å². The van der Waals surface area contributed by atoms with Gasteiger partial charge < -0.3 is 4.90 Å². The van der Waals surface area contributed by atoms with Gasteiger partial charge in [-0.05, 0) is 61.0 Å². The van der Waals surface area contributed by atoms with Crippen molar-refractivity contribution >= 4 is 33.3 Å². The van der Waals surface area contributed by atoms with Crippen molar-refractivity contribution < 1.29 is 0 Å². The van der Waals surface area contributed by atoms with E-state index in [0.717, 1.165) is 23.2 Å². The fourth-order valence-corrected chi connectivity index (χ4v) is 4.15. The van der Waals surface area contributed by atoms with E-state index >= 15 is 0 Å². The summed E-state index contributed by atoms with van der Waals surface area (Å²) in [5.74, 6) is 1.04. The van der Waals surface area contributed by atoms with E-state index in [2.05, 4.69) is 83.5 Å². The lowest BCUT2D eigenvalue weighted by molar-refractivity contribution is 0.417. The third kappa shape index (κ3) is 3.48. The molecule has 0 amide bonds. The van der Waals surface area contributed by atoms with Crippen LogP contribution in [0.15, 0.2) is 57.9 Å². The SMILES string of the molecule is CN(C)CC/C=C1\c2ccccc2CSc2ccc(Br)cc21. The summed E-state index contributed by atoms with van der Waals surface area (Å²) in [4.78, 5) is 3.60. The van der Waals surface area contributed by atoms with Gasteiger partial charge in [0.1, 0.15) is 0 Å². The molecule has 0 spiro atoms. The largest absolute Gasteiger partial charge is 0.309 e. The molecule has 22 heavy (non-hydrogen) atoms. The number of hydrogen-bond donors (Lipinski definition) is 0. The highest BCUT2D eigenvalue weighted by atomic mass is 79.9. The normalized spacial score (nSPS) is 15.5. The maximum absolute atomic E-state index is 3.63. The van der Waals surface area contributed by atoms with Crippen molar-refractivity contribution in [1.29, 1.82) is 0 Å². The summed E-state index contributed by atoms with van der Waals surface area (Å²) >= 11 is 5.56. The number of nitrogens with zero attached hydrogens (tertiary/aromatic N) is 1. The highest BCUT2D eigenvalue weighted by molar-refractivity contribution is 9.10. The second-order valence-corrected chi connectivity index (χ2v) is 7.73. The summed E-state index contributed by atoms with van der Waals surface area (Å²) in [6.45, 7) is 1.07. The topological polar surface area (TPSA) is 3.24 Å². The lowest BCUT2D eigenvalue weighted by Gasteiger charge is -2.13. The van der Waals surface area contributed by atoms with Crippen LogP contribution in [-0.2, 0) is 5.75 Å². The molecule has 0 saturated heterocycles. The molecule has 0 saturated carbocycles. The molecule has 1 heterocycles. The van der Waals surface area contributed by atoms with Gasteiger partial charge in [0.2, 0.25) is 0 Å². The minimum absolute atomic E-state index is 1.04. The van der Waals surface area contributed by atoms with Crippen LogP contribution in [-0.4, -0.2) is 25.5 Å². The van der Waals surface area contributed by atoms with Crippen molar-refractivity contribution in [2.24, 2.45) is 0 Å².